The second-order valence-electron chi connectivity index (χ2n) is 5.52. The highest BCUT2D eigenvalue weighted by Gasteiger charge is 2.27. The van der Waals surface area contributed by atoms with E-state index >= 15 is 0 Å². The van der Waals surface area contributed by atoms with E-state index in [1.165, 1.54) is 25.3 Å². The molecule has 120 valence electrons. The van der Waals surface area contributed by atoms with Gasteiger partial charge in [0.1, 0.15) is 11.9 Å². The lowest BCUT2D eigenvalue weighted by Gasteiger charge is -2.14. The molecule has 0 aliphatic heterocycles. The maximum atomic E-state index is 13.7. The van der Waals surface area contributed by atoms with Gasteiger partial charge in [0.15, 0.2) is 17.3 Å². The number of methoxy groups -OCH3 is 1. The number of carbonyl (C=O) groups is 1. The van der Waals surface area contributed by atoms with Crippen molar-refractivity contribution in [1.82, 2.24) is 9.97 Å². The first kappa shape index (κ1) is 15.4. The quantitative estimate of drug-likeness (QED) is 0.791. The van der Waals surface area contributed by atoms with Crippen LogP contribution in [0.1, 0.15) is 53.7 Å². The van der Waals surface area contributed by atoms with E-state index in [0.29, 0.717) is 17.3 Å². The van der Waals surface area contributed by atoms with Crippen LogP contribution in [0, 0.1) is 5.82 Å². The Kier molecular flexibility index (Phi) is 4.23. The maximum Gasteiger partial charge on any atom is 0.357 e. The van der Waals surface area contributed by atoms with Gasteiger partial charge in [0.2, 0.25) is 0 Å². The van der Waals surface area contributed by atoms with Crippen molar-refractivity contribution in [2.45, 2.75) is 31.8 Å². The van der Waals surface area contributed by atoms with Crippen LogP contribution < -0.4 is 4.74 Å². The van der Waals surface area contributed by atoms with Crippen molar-refractivity contribution in [1.29, 1.82) is 0 Å². The molecule has 1 heterocycles. The molecule has 3 rings (SSSR count). The van der Waals surface area contributed by atoms with Crippen molar-refractivity contribution in [3.63, 3.8) is 0 Å². The summed E-state index contributed by atoms with van der Waals surface area (Å²) in [6, 6.07) is 5.99. The van der Waals surface area contributed by atoms with Gasteiger partial charge in [-0.05, 0) is 43.5 Å². The highest BCUT2D eigenvalue weighted by molar-refractivity contribution is 5.87. The van der Waals surface area contributed by atoms with E-state index < -0.39 is 17.9 Å². The Bertz CT molecular complexity index is 732. The number of nitrogens with zero attached hydrogens (tertiary/aromatic N) is 2. The summed E-state index contributed by atoms with van der Waals surface area (Å²) in [6.07, 6.45) is 3.08. The molecule has 0 saturated heterocycles. The topological polar surface area (TPSA) is 61.3 Å². The van der Waals surface area contributed by atoms with Gasteiger partial charge in [0, 0.05) is 12.1 Å². The predicted molar refractivity (Wildman–Crippen MR) is 80.8 cm³/mol. The van der Waals surface area contributed by atoms with Crippen LogP contribution in [0.5, 0.6) is 5.75 Å². The third kappa shape index (κ3) is 3.47. The van der Waals surface area contributed by atoms with Gasteiger partial charge in [0.25, 0.3) is 0 Å². The Balaban J connectivity index is 1.71. The van der Waals surface area contributed by atoms with Gasteiger partial charge in [-0.2, -0.15) is 0 Å². The molecule has 6 heteroatoms. The van der Waals surface area contributed by atoms with Gasteiger partial charge in [-0.25, -0.2) is 19.2 Å². The van der Waals surface area contributed by atoms with Crippen LogP contribution in [-0.2, 0) is 4.74 Å². The van der Waals surface area contributed by atoms with E-state index in [4.69, 9.17) is 9.47 Å². The molecule has 1 aliphatic rings. The molecule has 0 unspecified atom stereocenters. The van der Waals surface area contributed by atoms with Crippen molar-refractivity contribution >= 4 is 5.97 Å². The summed E-state index contributed by atoms with van der Waals surface area (Å²) in [6.45, 7) is 1.68. The molecule has 0 spiro atoms. The van der Waals surface area contributed by atoms with Crippen LogP contribution >= 0.6 is 0 Å². The fraction of sp³-hybridized carbons (Fsp3) is 0.353. The fourth-order valence-corrected chi connectivity index (χ4v) is 2.25. The lowest BCUT2D eigenvalue weighted by Crippen LogP contribution is -2.12. The van der Waals surface area contributed by atoms with Gasteiger partial charge in [-0.1, -0.05) is 6.07 Å². The molecule has 2 aromatic rings. The Morgan fingerprint density at radius 1 is 1.35 bits per heavy atom. The summed E-state index contributed by atoms with van der Waals surface area (Å²) in [5.74, 6) is 0.152. The minimum Gasteiger partial charge on any atom is -0.494 e. The monoisotopic (exact) mass is 316 g/mol. The van der Waals surface area contributed by atoms with Gasteiger partial charge in [0.05, 0.1) is 7.11 Å². The smallest absolute Gasteiger partial charge is 0.357 e. The van der Waals surface area contributed by atoms with E-state index in [2.05, 4.69) is 9.97 Å². The van der Waals surface area contributed by atoms with Crippen LogP contribution in [0.2, 0.25) is 0 Å². The number of aromatic nitrogens is 2. The number of rotatable bonds is 5. The maximum absolute atomic E-state index is 13.7. The fourth-order valence-electron chi connectivity index (χ4n) is 2.25. The number of hydrogen-bond acceptors (Lipinski definition) is 5. The van der Waals surface area contributed by atoms with E-state index in [-0.39, 0.29) is 11.4 Å². The van der Waals surface area contributed by atoms with Crippen LogP contribution in [-0.4, -0.2) is 23.0 Å². The normalized spacial score (nSPS) is 15.1. The molecule has 0 amide bonds. The molecule has 0 N–H and O–H groups in total. The van der Waals surface area contributed by atoms with Crippen molar-refractivity contribution in [2.75, 3.05) is 7.11 Å². The second kappa shape index (κ2) is 6.32. The Labute approximate surface area is 133 Å². The minimum absolute atomic E-state index is 0.150. The molecule has 1 saturated carbocycles. The van der Waals surface area contributed by atoms with Gasteiger partial charge < -0.3 is 9.47 Å². The molecular formula is C17H17FN2O3. The first-order valence-corrected chi connectivity index (χ1v) is 7.46. The molecule has 5 nitrogen and oxygen atoms in total. The van der Waals surface area contributed by atoms with Crippen LogP contribution in [0.25, 0.3) is 0 Å². The summed E-state index contributed by atoms with van der Waals surface area (Å²) in [5.41, 5.74) is 0.774. The number of hydrogen-bond donors (Lipinski definition) is 0. The lowest BCUT2D eigenvalue weighted by molar-refractivity contribution is 0.0329. The SMILES string of the molecule is COc1ccc([C@@H](C)OC(=O)c2ccnc(C3CC3)n2)cc1F. The Morgan fingerprint density at radius 3 is 2.78 bits per heavy atom. The van der Waals surface area contributed by atoms with Crippen molar-refractivity contribution < 1.29 is 18.7 Å². The highest BCUT2D eigenvalue weighted by Crippen LogP contribution is 2.37. The molecular weight excluding hydrogens is 299 g/mol. The third-order valence-corrected chi connectivity index (χ3v) is 3.75. The lowest BCUT2D eigenvalue weighted by atomic mass is 10.1. The van der Waals surface area contributed by atoms with E-state index in [1.54, 1.807) is 19.2 Å². The van der Waals surface area contributed by atoms with E-state index in [1.807, 2.05) is 0 Å². The molecule has 1 aromatic heterocycles. The number of esters is 1. The first-order valence-electron chi connectivity index (χ1n) is 7.46. The summed E-state index contributed by atoms with van der Waals surface area (Å²) >= 11 is 0. The molecule has 1 fully saturated rings. The Hall–Kier alpha value is -2.50. The van der Waals surface area contributed by atoms with Crippen molar-refractivity contribution in [2.24, 2.45) is 0 Å². The minimum atomic E-state index is -0.595. The number of halogens is 1. The number of benzene rings is 1. The molecule has 1 aliphatic carbocycles. The largest absolute Gasteiger partial charge is 0.494 e. The van der Waals surface area contributed by atoms with Gasteiger partial charge in [-0.15, -0.1) is 0 Å². The molecule has 0 radical (unpaired) electrons. The zero-order valence-electron chi connectivity index (χ0n) is 13.0. The van der Waals surface area contributed by atoms with Gasteiger partial charge >= 0.3 is 5.97 Å². The Morgan fingerprint density at radius 2 is 2.13 bits per heavy atom. The van der Waals surface area contributed by atoms with Crippen LogP contribution in [0.4, 0.5) is 4.39 Å². The van der Waals surface area contributed by atoms with Crippen molar-refractivity contribution in [3.05, 3.63) is 53.4 Å². The molecule has 1 aromatic carbocycles. The summed E-state index contributed by atoms with van der Waals surface area (Å²) in [4.78, 5) is 20.6. The number of ether oxygens (including phenoxy) is 2. The average molecular weight is 316 g/mol. The summed E-state index contributed by atoms with van der Waals surface area (Å²) in [5, 5.41) is 0. The predicted octanol–water partition coefficient (Wildman–Crippen LogP) is 3.42. The number of carbonyl (C=O) groups excluding carboxylic acids is 1. The van der Waals surface area contributed by atoms with E-state index in [9.17, 15) is 9.18 Å². The molecule has 23 heavy (non-hydrogen) atoms. The molecule has 0 bridgehead atoms. The van der Waals surface area contributed by atoms with Crippen LogP contribution in [0.3, 0.4) is 0 Å². The standard InChI is InChI=1S/C17H17FN2O3/c1-10(12-5-6-15(22-2)13(18)9-12)23-17(21)14-7-8-19-16(20-14)11-3-4-11/h5-11H,3-4H2,1-2H3/t10-/m1/s1. The average Bonchev–Trinajstić information content (AvgIpc) is 3.39. The summed E-state index contributed by atoms with van der Waals surface area (Å²) < 4.78 is 24.0. The first-order chi connectivity index (χ1) is 11.1. The second-order valence-corrected chi connectivity index (χ2v) is 5.52. The zero-order chi connectivity index (χ0) is 16.4. The van der Waals surface area contributed by atoms with Crippen molar-refractivity contribution in [3.8, 4) is 5.75 Å². The zero-order valence-corrected chi connectivity index (χ0v) is 13.0. The molecule has 1 atom stereocenters. The van der Waals surface area contributed by atoms with E-state index in [0.717, 1.165) is 12.8 Å². The third-order valence-electron chi connectivity index (χ3n) is 3.75. The van der Waals surface area contributed by atoms with Gasteiger partial charge in [-0.3, -0.25) is 0 Å². The highest BCUT2D eigenvalue weighted by atomic mass is 19.1. The summed E-state index contributed by atoms with van der Waals surface area (Å²) in [7, 11) is 1.40. The van der Waals surface area contributed by atoms with Crippen LogP contribution in [0.15, 0.2) is 30.5 Å².